The molecule has 2 heteroatoms. The Hall–Kier alpha value is -1.80. The molecule has 2 aromatic carbocycles. The third-order valence-corrected chi connectivity index (χ3v) is 3.41. The molecular weight excluding hydrogens is 246 g/mol. The zero-order chi connectivity index (χ0) is 14.4. The van der Waals surface area contributed by atoms with Crippen molar-refractivity contribution >= 4 is 0 Å². The molecule has 20 heavy (non-hydrogen) atoms. The Morgan fingerprint density at radius 2 is 1.80 bits per heavy atom. The number of benzene rings is 2. The molecule has 2 rings (SSSR count). The lowest BCUT2D eigenvalue weighted by Crippen LogP contribution is -2.21. The highest BCUT2D eigenvalue weighted by Gasteiger charge is 2.03. The van der Waals surface area contributed by atoms with Gasteiger partial charge < -0.3 is 10.5 Å². The highest BCUT2D eigenvalue weighted by atomic mass is 16.5. The van der Waals surface area contributed by atoms with Gasteiger partial charge in [0, 0.05) is 6.04 Å². The van der Waals surface area contributed by atoms with Crippen LogP contribution in [0.1, 0.15) is 30.0 Å². The first-order valence-electron chi connectivity index (χ1n) is 7.20. The summed E-state index contributed by atoms with van der Waals surface area (Å²) in [5.74, 6) is 0.910. The smallest absolute Gasteiger partial charge is 0.120 e. The predicted molar refractivity (Wildman–Crippen MR) is 83.9 cm³/mol. The van der Waals surface area contributed by atoms with Gasteiger partial charge in [-0.25, -0.2) is 0 Å². The first-order valence-corrected chi connectivity index (χ1v) is 7.20. The van der Waals surface area contributed by atoms with E-state index in [4.69, 9.17) is 10.5 Å². The predicted octanol–water partition coefficient (Wildman–Crippen LogP) is 3.85. The number of hydrogen-bond acceptors (Lipinski definition) is 2. The normalized spacial score (nSPS) is 12.2. The second kappa shape index (κ2) is 7.11. The molecule has 0 bridgehead atoms. The van der Waals surface area contributed by atoms with Crippen molar-refractivity contribution in [2.45, 2.75) is 39.3 Å². The van der Waals surface area contributed by atoms with Crippen molar-refractivity contribution in [3.63, 3.8) is 0 Å². The molecule has 0 aliphatic carbocycles. The van der Waals surface area contributed by atoms with Gasteiger partial charge in [0.25, 0.3) is 0 Å². The van der Waals surface area contributed by atoms with Crippen molar-refractivity contribution in [2.75, 3.05) is 0 Å². The quantitative estimate of drug-likeness (QED) is 0.864. The van der Waals surface area contributed by atoms with Gasteiger partial charge in [0.1, 0.15) is 12.4 Å². The summed E-state index contributed by atoms with van der Waals surface area (Å²) in [5.41, 5.74) is 9.69. The zero-order valence-corrected chi connectivity index (χ0v) is 12.3. The Balaban J connectivity index is 1.97. The zero-order valence-electron chi connectivity index (χ0n) is 12.3. The summed E-state index contributed by atoms with van der Waals surface area (Å²) in [6, 6.07) is 16.8. The molecule has 0 amide bonds. The lowest BCUT2D eigenvalue weighted by atomic mass is 10.0. The third kappa shape index (κ3) is 4.39. The molecule has 0 saturated heterocycles. The average Bonchev–Trinajstić information content (AvgIpc) is 2.45. The molecule has 0 aliphatic heterocycles. The van der Waals surface area contributed by atoms with Gasteiger partial charge in [0.2, 0.25) is 0 Å². The summed E-state index contributed by atoms with van der Waals surface area (Å²) in [6.07, 6.45) is 1.90. The van der Waals surface area contributed by atoms with Gasteiger partial charge in [0.15, 0.2) is 0 Å². The number of rotatable bonds is 6. The van der Waals surface area contributed by atoms with Gasteiger partial charge in [0.05, 0.1) is 0 Å². The van der Waals surface area contributed by atoms with Gasteiger partial charge in [-0.2, -0.15) is 0 Å². The molecule has 0 fully saturated rings. The van der Waals surface area contributed by atoms with Crippen LogP contribution in [0, 0.1) is 6.92 Å². The molecule has 0 spiro atoms. The Kier molecular flexibility index (Phi) is 5.19. The molecular formula is C18H23NO. The van der Waals surface area contributed by atoms with E-state index < -0.39 is 0 Å². The fourth-order valence-electron chi connectivity index (χ4n) is 2.18. The van der Waals surface area contributed by atoms with Crippen LogP contribution in [0.3, 0.4) is 0 Å². The SMILES string of the molecule is CCC(N)Cc1cccc(OCc2cccc(C)c2)c1. The maximum absolute atomic E-state index is 6.00. The molecule has 2 N–H and O–H groups in total. The molecule has 2 nitrogen and oxygen atoms in total. The fraction of sp³-hybridized carbons (Fsp3) is 0.333. The molecule has 0 aliphatic rings. The average molecular weight is 269 g/mol. The van der Waals surface area contributed by atoms with Gasteiger partial charge in [-0.15, -0.1) is 0 Å². The van der Waals surface area contributed by atoms with E-state index in [1.165, 1.54) is 16.7 Å². The van der Waals surface area contributed by atoms with Crippen LogP contribution in [-0.4, -0.2) is 6.04 Å². The first-order chi connectivity index (χ1) is 9.67. The highest BCUT2D eigenvalue weighted by molar-refractivity contribution is 5.30. The minimum absolute atomic E-state index is 0.224. The largest absolute Gasteiger partial charge is 0.489 e. The van der Waals surface area contributed by atoms with E-state index in [-0.39, 0.29) is 6.04 Å². The Morgan fingerprint density at radius 3 is 2.55 bits per heavy atom. The summed E-state index contributed by atoms with van der Waals surface area (Å²) in [5, 5.41) is 0. The van der Waals surface area contributed by atoms with E-state index in [1.807, 2.05) is 12.1 Å². The van der Waals surface area contributed by atoms with E-state index >= 15 is 0 Å². The van der Waals surface area contributed by atoms with Crippen molar-refractivity contribution in [1.82, 2.24) is 0 Å². The van der Waals surface area contributed by atoms with Gasteiger partial charge in [-0.05, 0) is 43.0 Å². The first kappa shape index (κ1) is 14.6. The summed E-state index contributed by atoms with van der Waals surface area (Å²) < 4.78 is 5.86. The van der Waals surface area contributed by atoms with Crippen LogP contribution in [0.5, 0.6) is 5.75 Å². The number of aryl methyl sites for hydroxylation is 1. The summed E-state index contributed by atoms with van der Waals surface area (Å²) in [6.45, 7) is 4.81. The molecule has 0 heterocycles. The maximum atomic E-state index is 6.00. The number of hydrogen-bond donors (Lipinski definition) is 1. The van der Waals surface area contributed by atoms with Crippen LogP contribution in [0.4, 0.5) is 0 Å². The van der Waals surface area contributed by atoms with Crippen LogP contribution in [-0.2, 0) is 13.0 Å². The fourth-order valence-corrected chi connectivity index (χ4v) is 2.18. The van der Waals surface area contributed by atoms with E-state index in [0.717, 1.165) is 18.6 Å². The van der Waals surface area contributed by atoms with E-state index in [0.29, 0.717) is 6.61 Å². The summed E-state index contributed by atoms with van der Waals surface area (Å²) >= 11 is 0. The van der Waals surface area contributed by atoms with Crippen LogP contribution < -0.4 is 10.5 Å². The Bertz CT molecular complexity index is 551. The lowest BCUT2D eigenvalue weighted by molar-refractivity contribution is 0.306. The Morgan fingerprint density at radius 1 is 1.05 bits per heavy atom. The highest BCUT2D eigenvalue weighted by Crippen LogP contribution is 2.17. The van der Waals surface area contributed by atoms with Crippen LogP contribution >= 0.6 is 0 Å². The second-order valence-electron chi connectivity index (χ2n) is 5.30. The van der Waals surface area contributed by atoms with Crippen molar-refractivity contribution in [3.8, 4) is 5.75 Å². The Labute approximate surface area is 121 Å². The molecule has 0 aromatic heterocycles. The van der Waals surface area contributed by atoms with Crippen molar-refractivity contribution < 1.29 is 4.74 Å². The molecule has 106 valence electrons. The van der Waals surface area contributed by atoms with E-state index in [9.17, 15) is 0 Å². The van der Waals surface area contributed by atoms with Crippen molar-refractivity contribution in [1.29, 1.82) is 0 Å². The molecule has 1 atom stereocenters. The standard InChI is InChI=1S/C18H23NO/c1-3-17(19)11-15-7-5-9-18(12-15)20-13-16-8-4-6-14(2)10-16/h4-10,12,17H,3,11,13,19H2,1-2H3. The molecule has 0 radical (unpaired) electrons. The number of nitrogens with two attached hydrogens (primary N) is 1. The minimum Gasteiger partial charge on any atom is -0.489 e. The number of ether oxygens (including phenoxy) is 1. The van der Waals surface area contributed by atoms with Crippen molar-refractivity contribution in [2.24, 2.45) is 5.73 Å². The lowest BCUT2D eigenvalue weighted by Gasteiger charge is -2.11. The van der Waals surface area contributed by atoms with Crippen LogP contribution in [0.2, 0.25) is 0 Å². The monoisotopic (exact) mass is 269 g/mol. The van der Waals surface area contributed by atoms with Crippen molar-refractivity contribution in [3.05, 3.63) is 65.2 Å². The topological polar surface area (TPSA) is 35.2 Å². The van der Waals surface area contributed by atoms with Crippen LogP contribution in [0.25, 0.3) is 0 Å². The summed E-state index contributed by atoms with van der Waals surface area (Å²) in [7, 11) is 0. The third-order valence-electron chi connectivity index (χ3n) is 3.41. The maximum Gasteiger partial charge on any atom is 0.120 e. The van der Waals surface area contributed by atoms with E-state index in [1.54, 1.807) is 0 Å². The van der Waals surface area contributed by atoms with Gasteiger partial charge >= 0.3 is 0 Å². The molecule has 1 unspecified atom stereocenters. The van der Waals surface area contributed by atoms with E-state index in [2.05, 4.69) is 50.2 Å². The van der Waals surface area contributed by atoms with Crippen LogP contribution in [0.15, 0.2) is 48.5 Å². The molecule has 2 aromatic rings. The second-order valence-corrected chi connectivity index (χ2v) is 5.30. The molecule has 0 saturated carbocycles. The van der Waals surface area contributed by atoms with Gasteiger partial charge in [-0.3, -0.25) is 0 Å². The summed E-state index contributed by atoms with van der Waals surface area (Å²) in [4.78, 5) is 0. The van der Waals surface area contributed by atoms with Gasteiger partial charge in [-0.1, -0.05) is 48.9 Å². The minimum atomic E-state index is 0.224.